The fourth-order valence-electron chi connectivity index (χ4n) is 2.23. The van der Waals surface area contributed by atoms with E-state index in [9.17, 15) is 4.79 Å². The fraction of sp³-hybridized carbons (Fsp3) is 0.188. The first-order valence-electron chi connectivity index (χ1n) is 6.62. The summed E-state index contributed by atoms with van der Waals surface area (Å²) < 4.78 is 0. The topological polar surface area (TPSA) is 58.4 Å². The minimum Gasteiger partial charge on any atom is -0.323 e. The lowest BCUT2D eigenvalue weighted by atomic mass is 10.1. The van der Waals surface area contributed by atoms with Crippen LogP contribution in [0.2, 0.25) is 0 Å². The van der Waals surface area contributed by atoms with Gasteiger partial charge in [0, 0.05) is 12.2 Å². The van der Waals surface area contributed by atoms with Crippen LogP contribution in [0.15, 0.2) is 48.5 Å². The van der Waals surface area contributed by atoms with Gasteiger partial charge in [-0.15, -0.1) is 0 Å². The number of nitrogens with one attached hydrogen (secondary N) is 1. The Labute approximate surface area is 119 Å². The van der Waals surface area contributed by atoms with Gasteiger partial charge in [0.1, 0.15) is 0 Å². The molecule has 2 aromatic rings. The lowest BCUT2D eigenvalue weighted by molar-refractivity contribution is 0.0989. The Bertz CT molecular complexity index is 610. The summed E-state index contributed by atoms with van der Waals surface area (Å²) >= 11 is 0. The van der Waals surface area contributed by atoms with E-state index >= 15 is 0 Å². The molecular formula is C16H19N3O. The van der Waals surface area contributed by atoms with E-state index in [2.05, 4.69) is 5.43 Å². The highest BCUT2D eigenvalue weighted by atomic mass is 16.2. The highest BCUT2D eigenvalue weighted by Gasteiger charge is 2.19. The number of hydrogen-bond acceptors (Lipinski definition) is 3. The van der Waals surface area contributed by atoms with Crippen LogP contribution >= 0.6 is 0 Å². The van der Waals surface area contributed by atoms with Gasteiger partial charge in [-0.1, -0.05) is 30.3 Å². The highest BCUT2D eigenvalue weighted by Crippen LogP contribution is 2.23. The largest absolute Gasteiger partial charge is 0.323 e. The van der Waals surface area contributed by atoms with Gasteiger partial charge in [-0.3, -0.25) is 10.6 Å². The van der Waals surface area contributed by atoms with Crippen molar-refractivity contribution in [1.29, 1.82) is 0 Å². The second-order valence-electron chi connectivity index (χ2n) is 4.53. The first-order chi connectivity index (χ1) is 9.69. The van der Waals surface area contributed by atoms with Crippen LogP contribution < -0.4 is 16.2 Å². The lowest BCUT2D eigenvalue weighted by Crippen LogP contribution is -2.32. The van der Waals surface area contributed by atoms with Crippen molar-refractivity contribution in [3.8, 4) is 0 Å². The van der Waals surface area contributed by atoms with E-state index in [1.807, 2.05) is 50.2 Å². The monoisotopic (exact) mass is 269 g/mol. The smallest absolute Gasteiger partial charge is 0.260 e. The number of amides is 1. The molecule has 2 aromatic carbocycles. The molecule has 0 spiro atoms. The van der Waals surface area contributed by atoms with Gasteiger partial charge in [-0.05, 0) is 37.6 Å². The molecule has 0 heterocycles. The Balaban J connectivity index is 2.42. The molecule has 3 N–H and O–H groups in total. The average Bonchev–Trinajstić information content (AvgIpc) is 2.49. The minimum atomic E-state index is -0.0599. The molecule has 0 bridgehead atoms. The summed E-state index contributed by atoms with van der Waals surface area (Å²) in [6, 6.07) is 15.1. The molecule has 0 aliphatic heterocycles. The Hall–Kier alpha value is -2.33. The summed E-state index contributed by atoms with van der Waals surface area (Å²) in [5, 5.41) is 0. The molecule has 0 aromatic heterocycles. The van der Waals surface area contributed by atoms with Crippen LogP contribution in [-0.2, 0) is 0 Å². The second kappa shape index (κ2) is 6.21. The number of nitrogens with zero attached hydrogens (tertiary/aromatic N) is 1. The van der Waals surface area contributed by atoms with Crippen molar-refractivity contribution in [2.45, 2.75) is 13.8 Å². The molecule has 0 atom stereocenters. The number of hydrogen-bond donors (Lipinski definition) is 2. The molecule has 104 valence electrons. The third kappa shape index (κ3) is 2.65. The van der Waals surface area contributed by atoms with E-state index in [1.165, 1.54) is 0 Å². The number of carbonyl (C=O) groups excluding carboxylic acids is 1. The van der Waals surface area contributed by atoms with Gasteiger partial charge in [-0.25, -0.2) is 0 Å². The molecular weight excluding hydrogens is 250 g/mol. The van der Waals surface area contributed by atoms with E-state index in [1.54, 1.807) is 17.0 Å². The summed E-state index contributed by atoms with van der Waals surface area (Å²) in [5.41, 5.74) is 5.77. The van der Waals surface area contributed by atoms with E-state index in [4.69, 9.17) is 5.84 Å². The van der Waals surface area contributed by atoms with Crippen LogP contribution in [0.4, 0.5) is 11.4 Å². The molecule has 0 unspecified atom stereocenters. The zero-order valence-corrected chi connectivity index (χ0v) is 11.8. The van der Waals surface area contributed by atoms with Gasteiger partial charge in [-0.2, -0.15) is 0 Å². The van der Waals surface area contributed by atoms with Gasteiger partial charge in [0.15, 0.2) is 0 Å². The Morgan fingerprint density at radius 1 is 1.15 bits per heavy atom. The standard InChI is InChI=1S/C16H19N3O/c1-3-19(15-11-7-4-8-12(15)2)16(20)13-9-5-6-10-14(13)18-17/h4-11,18H,3,17H2,1-2H3. The van der Waals surface area contributed by atoms with Crippen molar-refractivity contribution in [3.63, 3.8) is 0 Å². The molecule has 0 aliphatic carbocycles. The average molecular weight is 269 g/mol. The van der Waals surface area contributed by atoms with Gasteiger partial charge < -0.3 is 10.3 Å². The molecule has 0 saturated carbocycles. The summed E-state index contributed by atoms with van der Waals surface area (Å²) in [6.07, 6.45) is 0. The minimum absolute atomic E-state index is 0.0599. The number of anilines is 2. The van der Waals surface area contributed by atoms with Crippen LogP contribution in [0.5, 0.6) is 0 Å². The van der Waals surface area contributed by atoms with E-state index in [-0.39, 0.29) is 5.91 Å². The van der Waals surface area contributed by atoms with Crippen molar-refractivity contribution in [3.05, 3.63) is 59.7 Å². The predicted molar refractivity (Wildman–Crippen MR) is 82.8 cm³/mol. The molecule has 20 heavy (non-hydrogen) atoms. The third-order valence-corrected chi connectivity index (χ3v) is 3.28. The number of carbonyl (C=O) groups is 1. The first-order valence-corrected chi connectivity index (χ1v) is 6.62. The maximum absolute atomic E-state index is 12.7. The normalized spacial score (nSPS) is 10.2. The van der Waals surface area contributed by atoms with Crippen molar-refractivity contribution in [2.24, 2.45) is 5.84 Å². The first kappa shape index (κ1) is 14.1. The van der Waals surface area contributed by atoms with E-state index in [0.29, 0.717) is 17.8 Å². The summed E-state index contributed by atoms with van der Waals surface area (Å²) in [7, 11) is 0. The van der Waals surface area contributed by atoms with Crippen LogP contribution in [-0.4, -0.2) is 12.5 Å². The zero-order chi connectivity index (χ0) is 14.5. The summed E-state index contributed by atoms with van der Waals surface area (Å²) in [5.74, 6) is 5.42. The molecule has 0 fully saturated rings. The number of benzene rings is 2. The molecule has 4 heteroatoms. The Morgan fingerprint density at radius 3 is 2.45 bits per heavy atom. The maximum Gasteiger partial charge on any atom is 0.260 e. The summed E-state index contributed by atoms with van der Waals surface area (Å²) in [6.45, 7) is 4.56. The molecule has 4 nitrogen and oxygen atoms in total. The van der Waals surface area contributed by atoms with Gasteiger partial charge >= 0.3 is 0 Å². The van der Waals surface area contributed by atoms with Gasteiger partial charge in [0.25, 0.3) is 5.91 Å². The number of aryl methyl sites for hydroxylation is 1. The third-order valence-electron chi connectivity index (χ3n) is 3.28. The van der Waals surface area contributed by atoms with Crippen molar-refractivity contribution in [2.75, 3.05) is 16.9 Å². The van der Waals surface area contributed by atoms with Crippen LogP contribution in [0.3, 0.4) is 0 Å². The van der Waals surface area contributed by atoms with Gasteiger partial charge in [0.2, 0.25) is 0 Å². The second-order valence-corrected chi connectivity index (χ2v) is 4.53. The van der Waals surface area contributed by atoms with Crippen molar-refractivity contribution in [1.82, 2.24) is 0 Å². The predicted octanol–water partition coefficient (Wildman–Crippen LogP) is 2.95. The highest BCUT2D eigenvalue weighted by molar-refractivity contribution is 6.09. The lowest BCUT2D eigenvalue weighted by Gasteiger charge is -2.24. The maximum atomic E-state index is 12.7. The number of nitrogen functional groups attached to an aromatic ring is 1. The number of hydrazine groups is 1. The van der Waals surface area contributed by atoms with Crippen molar-refractivity contribution >= 4 is 17.3 Å². The van der Waals surface area contributed by atoms with Crippen LogP contribution in [0.25, 0.3) is 0 Å². The number of rotatable bonds is 4. The van der Waals surface area contributed by atoms with Crippen LogP contribution in [0, 0.1) is 6.92 Å². The molecule has 2 rings (SSSR count). The quantitative estimate of drug-likeness (QED) is 0.662. The fourth-order valence-corrected chi connectivity index (χ4v) is 2.23. The van der Waals surface area contributed by atoms with E-state index < -0.39 is 0 Å². The van der Waals surface area contributed by atoms with Crippen LogP contribution in [0.1, 0.15) is 22.8 Å². The summed E-state index contributed by atoms with van der Waals surface area (Å²) in [4.78, 5) is 14.5. The Morgan fingerprint density at radius 2 is 1.80 bits per heavy atom. The zero-order valence-electron chi connectivity index (χ0n) is 11.8. The number of nitrogens with two attached hydrogens (primary N) is 1. The van der Waals surface area contributed by atoms with Gasteiger partial charge in [0.05, 0.1) is 11.3 Å². The molecule has 1 amide bonds. The molecule has 0 radical (unpaired) electrons. The van der Waals surface area contributed by atoms with E-state index in [0.717, 1.165) is 11.3 Å². The molecule has 0 aliphatic rings. The Kier molecular flexibility index (Phi) is 4.38. The number of para-hydroxylation sites is 2. The van der Waals surface area contributed by atoms with Crippen molar-refractivity contribution < 1.29 is 4.79 Å². The molecule has 0 saturated heterocycles. The SMILES string of the molecule is CCN(C(=O)c1ccccc1NN)c1ccccc1C.